The molecule has 3 atom stereocenters. The van der Waals surface area contributed by atoms with Gasteiger partial charge in [0.25, 0.3) is 5.91 Å². The number of amides is 4. The minimum absolute atomic E-state index is 0.0628. The molecule has 2 rings (SSSR count). The van der Waals surface area contributed by atoms with Crippen LogP contribution >= 0.6 is 11.3 Å². The van der Waals surface area contributed by atoms with Gasteiger partial charge in [-0.1, -0.05) is 46.8 Å². The third-order valence-corrected chi connectivity index (χ3v) is 8.17. The molecule has 0 aliphatic carbocycles. The number of benzene rings is 1. The number of hydrogen-bond donors (Lipinski definition) is 5. The Morgan fingerprint density at radius 3 is 2.02 bits per heavy atom. The zero-order valence-electron chi connectivity index (χ0n) is 24.3. The third-order valence-electron chi connectivity index (χ3n) is 6.87. The first-order chi connectivity index (χ1) is 18.8. The number of hydrogen-bond acceptors (Lipinski definition) is 6. The van der Waals surface area contributed by atoms with E-state index < -0.39 is 18.0 Å². The number of thiophene rings is 1. The van der Waals surface area contributed by atoms with Crippen LogP contribution in [0.5, 0.6) is 0 Å². The normalized spacial score (nSPS) is 13.5. The van der Waals surface area contributed by atoms with Crippen molar-refractivity contribution in [1.29, 1.82) is 0 Å². The quantitative estimate of drug-likeness (QED) is 0.232. The van der Waals surface area contributed by atoms with Crippen molar-refractivity contribution in [3.63, 3.8) is 0 Å². The number of nitrogens with one attached hydrogen (secondary N) is 4. The smallest absolute Gasteiger partial charge is 0.261 e. The molecule has 4 amide bonds. The van der Waals surface area contributed by atoms with Gasteiger partial charge < -0.3 is 27.0 Å². The maximum atomic E-state index is 13.3. The molecule has 2 aromatic rings. The number of carbonyl (C=O) groups is 4. The lowest BCUT2D eigenvalue weighted by Gasteiger charge is -2.24. The summed E-state index contributed by atoms with van der Waals surface area (Å²) in [5.41, 5.74) is 8.16. The Kier molecular flexibility index (Phi) is 12.3. The number of anilines is 1. The molecule has 3 unspecified atom stereocenters. The maximum Gasteiger partial charge on any atom is 0.261 e. The molecule has 0 saturated heterocycles. The first-order valence-corrected chi connectivity index (χ1v) is 14.4. The molecule has 0 aliphatic heterocycles. The van der Waals surface area contributed by atoms with Gasteiger partial charge in [0.2, 0.25) is 17.7 Å². The van der Waals surface area contributed by atoms with Gasteiger partial charge in [0, 0.05) is 13.1 Å². The first kappa shape index (κ1) is 32.9. The van der Waals surface area contributed by atoms with Gasteiger partial charge in [-0.2, -0.15) is 0 Å². The van der Waals surface area contributed by atoms with Crippen molar-refractivity contribution >= 4 is 40.0 Å². The van der Waals surface area contributed by atoms with Gasteiger partial charge in [0.05, 0.1) is 21.8 Å². The fraction of sp³-hybridized carbons (Fsp3) is 0.517. The van der Waals surface area contributed by atoms with Crippen LogP contribution in [0.4, 0.5) is 9.39 Å². The van der Waals surface area contributed by atoms with E-state index in [1.165, 1.54) is 23.5 Å². The van der Waals surface area contributed by atoms with Gasteiger partial charge in [-0.3, -0.25) is 19.2 Å². The van der Waals surface area contributed by atoms with E-state index in [4.69, 9.17) is 5.73 Å². The summed E-state index contributed by atoms with van der Waals surface area (Å²) in [6.45, 7) is 13.2. The molecule has 220 valence electrons. The molecular weight excluding hydrogens is 533 g/mol. The van der Waals surface area contributed by atoms with E-state index >= 15 is 0 Å². The van der Waals surface area contributed by atoms with Crippen molar-refractivity contribution in [2.24, 2.45) is 17.6 Å². The summed E-state index contributed by atoms with van der Waals surface area (Å²) >= 11 is 1.18. The topological polar surface area (TPSA) is 142 Å². The average molecular weight is 576 g/mol. The number of halogens is 1. The molecule has 6 N–H and O–H groups in total. The van der Waals surface area contributed by atoms with Crippen LogP contribution in [0.25, 0.3) is 0 Å². The highest BCUT2D eigenvalue weighted by Crippen LogP contribution is 2.33. The SMILES string of the molecule is CCC(C(=O)Nc1sc(C(=O)NCCNC(=O)C(NC(=O)C(N)C(C)C)C(C)C)c(C)c1C)c1ccc(F)cc1. The number of nitrogens with two attached hydrogens (primary N) is 1. The van der Waals surface area contributed by atoms with Crippen LogP contribution in [0.3, 0.4) is 0 Å². The highest BCUT2D eigenvalue weighted by molar-refractivity contribution is 7.18. The van der Waals surface area contributed by atoms with Crippen molar-refractivity contribution in [2.75, 3.05) is 18.4 Å². The summed E-state index contributed by atoms with van der Waals surface area (Å²) < 4.78 is 13.3. The highest BCUT2D eigenvalue weighted by atomic mass is 32.1. The first-order valence-electron chi connectivity index (χ1n) is 13.6. The average Bonchev–Trinajstić information content (AvgIpc) is 3.18. The van der Waals surface area contributed by atoms with E-state index in [-0.39, 0.29) is 54.4 Å². The summed E-state index contributed by atoms with van der Waals surface area (Å²) in [7, 11) is 0. The Balaban J connectivity index is 1.96. The standard InChI is InChI=1S/C29H42FN5O4S/c1-8-21(19-9-11-20(30)12-10-19)25(36)35-29-18(7)17(6)24(40-29)28(39)33-14-13-32-27(38)23(16(4)5)34-26(37)22(31)15(2)3/h9-12,15-16,21-23H,8,13-14,31H2,1-7H3,(H,32,38)(H,33,39)(H,34,37)(H,35,36). The molecule has 0 aliphatic rings. The predicted octanol–water partition coefficient (Wildman–Crippen LogP) is 3.61. The zero-order chi connectivity index (χ0) is 30.1. The van der Waals surface area contributed by atoms with E-state index in [9.17, 15) is 23.6 Å². The molecule has 0 spiro atoms. The number of carbonyl (C=O) groups excluding carboxylic acids is 4. The van der Waals surface area contributed by atoms with Crippen LogP contribution < -0.4 is 27.0 Å². The van der Waals surface area contributed by atoms with Crippen LogP contribution in [0, 0.1) is 31.5 Å². The summed E-state index contributed by atoms with van der Waals surface area (Å²) in [5, 5.41) is 11.8. The molecule has 1 aromatic heterocycles. The Morgan fingerprint density at radius 1 is 0.875 bits per heavy atom. The summed E-state index contributed by atoms with van der Waals surface area (Å²) in [6.07, 6.45) is 0.534. The molecular formula is C29H42FN5O4S. The van der Waals surface area contributed by atoms with Gasteiger partial charge >= 0.3 is 0 Å². The Hall–Kier alpha value is -3.31. The minimum Gasteiger partial charge on any atom is -0.353 e. The van der Waals surface area contributed by atoms with Crippen LogP contribution in [-0.4, -0.2) is 48.8 Å². The van der Waals surface area contributed by atoms with Crippen molar-refractivity contribution in [2.45, 2.75) is 72.9 Å². The van der Waals surface area contributed by atoms with Gasteiger partial charge in [-0.05, 0) is 60.9 Å². The van der Waals surface area contributed by atoms with Gasteiger partial charge in [0.15, 0.2) is 0 Å². The minimum atomic E-state index is -0.747. The van der Waals surface area contributed by atoms with Crippen LogP contribution in [0.15, 0.2) is 24.3 Å². The molecule has 9 nitrogen and oxygen atoms in total. The van der Waals surface area contributed by atoms with Crippen LogP contribution in [0.1, 0.15) is 73.3 Å². The molecule has 11 heteroatoms. The lowest BCUT2D eigenvalue weighted by atomic mass is 9.95. The summed E-state index contributed by atoms with van der Waals surface area (Å²) in [5.74, 6) is -2.32. The predicted molar refractivity (Wildman–Crippen MR) is 157 cm³/mol. The second kappa shape index (κ2) is 14.9. The van der Waals surface area contributed by atoms with Gasteiger partial charge in [-0.25, -0.2) is 4.39 Å². The molecule has 40 heavy (non-hydrogen) atoms. The third kappa shape index (κ3) is 8.59. The highest BCUT2D eigenvalue weighted by Gasteiger charge is 2.27. The fourth-order valence-corrected chi connectivity index (χ4v) is 5.17. The van der Waals surface area contributed by atoms with Gasteiger partial charge in [-0.15, -0.1) is 11.3 Å². The van der Waals surface area contributed by atoms with E-state index in [0.717, 1.165) is 16.7 Å². The van der Waals surface area contributed by atoms with Crippen molar-refractivity contribution in [3.8, 4) is 0 Å². The summed E-state index contributed by atoms with van der Waals surface area (Å²) in [4.78, 5) is 51.4. The Morgan fingerprint density at radius 2 is 1.48 bits per heavy atom. The van der Waals surface area contributed by atoms with Crippen molar-refractivity contribution < 1.29 is 23.6 Å². The van der Waals surface area contributed by atoms with E-state index in [0.29, 0.717) is 16.3 Å². The molecule has 0 saturated carbocycles. The largest absolute Gasteiger partial charge is 0.353 e. The van der Waals surface area contributed by atoms with Crippen LogP contribution in [0.2, 0.25) is 0 Å². The van der Waals surface area contributed by atoms with Crippen LogP contribution in [-0.2, 0) is 14.4 Å². The Labute approximate surface area is 239 Å². The maximum absolute atomic E-state index is 13.3. The lowest BCUT2D eigenvalue weighted by Crippen LogP contribution is -2.55. The second-order valence-electron chi connectivity index (χ2n) is 10.6. The Bertz CT molecular complexity index is 1200. The van der Waals surface area contributed by atoms with E-state index in [2.05, 4.69) is 21.3 Å². The lowest BCUT2D eigenvalue weighted by molar-refractivity contribution is -0.131. The zero-order valence-corrected chi connectivity index (χ0v) is 25.1. The molecule has 1 heterocycles. The van der Waals surface area contributed by atoms with Crippen molar-refractivity contribution in [1.82, 2.24) is 16.0 Å². The van der Waals surface area contributed by atoms with E-state index in [1.807, 2.05) is 48.5 Å². The van der Waals surface area contributed by atoms with Gasteiger partial charge in [0.1, 0.15) is 11.9 Å². The molecule has 0 fully saturated rings. The number of rotatable bonds is 13. The second-order valence-corrected chi connectivity index (χ2v) is 11.6. The monoisotopic (exact) mass is 575 g/mol. The fourth-order valence-electron chi connectivity index (χ4n) is 4.04. The van der Waals surface area contributed by atoms with E-state index in [1.54, 1.807) is 12.1 Å². The summed E-state index contributed by atoms with van der Waals surface area (Å²) in [6, 6.07) is 4.41. The molecule has 1 aromatic carbocycles. The van der Waals surface area contributed by atoms with Crippen molar-refractivity contribution in [3.05, 3.63) is 51.7 Å². The molecule has 0 radical (unpaired) electrons. The molecule has 0 bridgehead atoms.